The first kappa shape index (κ1) is 19.2. The van der Waals surface area contributed by atoms with Crippen LogP contribution in [0.5, 0.6) is 0 Å². The Kier molecular flexibility index (Phi) is 4.72. The van der Waals surface area contributed by atoms with Crippen LogP contribution < -0.4 is 0 Å². The summed E-state index contributed by atoms with van der Waals surface area (Å²) >= 11 is 0. The van der Waals surface area contributed by atoms with E-state index in [1.54, 1.807) is 0 Å². The summed E-state index contributed by atoms with van der Waals surface area (Å²) in [6.45, 7) is 0. The standard InChI is InChI=1S/C22H12F3N3O2/c1-30-22(29)16-6-7-28-19(11-27-21(28)20(16)25)12-2-5-18(24)17(9-12)15-4-3-14(23)8-13(15)10-26/h2-9,11H,1H3. The zero-order chi connectivity index (χ0) is 21.4. The first-order chi connectivity index (χ1) is 14.4. The Morgan fingerprint density at radius 2 is 1.90 bits per heavy atom. The van der Waals surface area contributed by atoms with Crippen LogP contribution in [-0.2, 0) is 4.74 Å². The monoisotopic (exact) mass is 407 g/mol. The minimum atomic E-state index is -0.844. The lowest BCUT2D eigenvalue weighted by Crippen LogP contribution is -2.06. The number of hydrogen-bond acceptors (Lipinski definition) is 4. The van der Waals surface area contributed by atoms with E-state index in [-0.39, 0.29) is 27.9 Å². The summed E-state index contributed by atoms with van der Waals surface area (Å²) in [7, 11) is 1.15. The minimum Gasteiger partial charge on any atom is -0.465 e. The molecule has 4 aromatic rings. The fraction of sp³-hybridized carbons (Fsp3) is 0.0455. The first-order valence-electron chi connectivity index (χ1n) is 8.68. The zero-order valence-corrected chi connectivity index (χ0v) is 15.5. The number of fused-ring (bicyclic) bond motifs is 1. The van der Waals surface area contributed by atoms with Gasteiger partial charge in [-0.3, -0.25) is 4.40 Å². The summed E-state index contributed by atoms with van der Waals surface area (Å²) in [5.41, 5.74) is 0.861. The molecule has 0 aliphatic rings. The molecule has 0 unspecified atom stereocenters. The van der Waals surface area contributed by atoms with Gasteiger partial charge in [0.25, 0.3) is 0 Å². The van der Waals surface area contributed by atoms with Gasteiger partial charge in [-0.1, -0.05) is 6.07 Å². The highest BCUT2D eigenvalue weighted by molar-refractivity contribution is 5.91. The van der Waals surface area contributed by atoms with Gasteiger partial charge in [-0.25, -0.2) is 22.9 Å². The highest BCUT2D eigenvalue weighted by Gasteiger charge is 2.19. The molecule has 0 aliphatic heterocycles. The van der Waals surface area contributed by atoms with Gasteiger partial charge in [0.05, 0.1) is 30.6 Å². The van der Waals surface area contributed by atoms with Crippen molar-refractivity contribution in [1.82, 2.24) is 9.38 Å². The molecule has 0 bridgehead atoms. The molecule has 8 heteroatoms. The van der Waals surface area contributed by atoms with E-state index in [9.17, 15) is 23.2 Å². The van der Waals surface area contributed by atoms with Crippen LogP contribution >= 0.6 is 0 Å². The van der Waals surface area contributed by atoms with Crippen molar-refractivity contribution >= 4 is 11.6 Å². The first-order valence-corrected chi connectivity index (χ1v) is 8.68. The number of hydrogen-bond donors (Lipinski definition) is 0. The summed E-state index contributed by atoms with van der Waals surface area (Å²) in [4.78, 5) is 15.7. The van der Waals surface area contributed by atoms with E-state index in [0.29, 0.717) is 11.3 Å². The molecule has 0 N–H and O–H groups in total. The van der Waals surface area contributed by atoms with Crippen LogP contribution in [0.15, 0.2) is 54.9 Å². The molecule has 2 heterocycles. The van der Waals surface area contributed by atoms with Crippen molar-refractivity contribution < 1.29 is 22.7 Å². The molecular formula is C22H12F3N3O2. The maximum Gasteiger partial charge on any atom is 0.341 e. The normalized spacial score (nSPS) is 10.8. The van der Waals surface area contributed by atoms with Crippen molar-refractivity contribution in [3.8, 4) is 28.5 Å². The molecule has 0 spiro atoms. The van der Waals surface area contributed by atoms with Crippen molar-refractivity contribution in [2.45, 2.75) is 0 Å². The lowest BCUT2D eigenvalue weighted by Gasteiger charge is -2.10. The van der Waals surface area contributed by atoms with Crippen LogP contribution in [-0.4, -0.2) is 22.5 Å². The van der Waals surface area contributed by atoms with Crippen LogP contribution in [0.25, 0.3) is 28.0 Å². The fourth-order valence-corrected chi connectivity index (χ4v) is 3.23. The van der Waals surface area contributed by atoms with E-state index in [1.807, 2.05) is 6.07 Å². The van der Waals surface area contributed by atoms with E-state index in [0.717, 1.165) is 19.2 Å². The van der Waals surface area contributed by atoms with Gasteiger partial charge >= 0.3 is 5.97 Å². The molecule has 0 saturated carbocycles. The quantitative estimate of drug-likeness (QED) is 0.460. The predicted octanol–water partition coefficient (Wildman–Crippen LogP) is 4.74. The van der Waals surface area contributed by atoms with Gasteiger partial charge < -0.3 is 4.74 Å². The van der Waals surface area contributed by atoms with Gasteiger partial charge in [-0.15, -0.1) is 0 Å². The second-order valence-electron chi connectivity index (χ2n) is 6.37. The second-order valence-corrected chi connectivity index (χ2v) is 6.37. The number of benzene rings is 2. The number of methoxy groups -OCH3 is 1. The van der Waals surface area contributed by atoms with Crippen molar-refractivity contribution in [2.75, 3.05) is 7.11 Å². The Morgan fingerprint density at radius 3 is 2.63 bits per heavy atom. The molecule has 5 nitrogen and oxygen atoms in total. The SMILES string of the molecule is COC(=O)c1ccn2c(-c3ccc(F)c(-c4ccc(F)cc4C#N)c3)cnc2c1F. The maximum atomic E-state index is 14.7. The lowest BCUT2D eigenvalue weighted by atomic mass is 9.97. The Morgan fingerprint density at radius 1 is 1.10 bits per heavy atom. The number of esters is 1. The molecule has 4 rings (SSSR count). The molecule has 0 atom stereocenters. The summed E-state index contributed by atoms with van der Waals surface area (Å²) in [6.07, 6.45) is 2.83. The molecular weight excluding hydrogens is 395 g/mol. The lowest BCUT2D eigenvalue weighted by molar-refractivity contribution is 0.0595. The largest absolute Gasteiger partial charge is 0.465 e. The summed E-state index contributed by atoms with van der Waals surface area (Å²) < 4.78 is 48.6. The molecule has 148 valence electrons. The van der Waals surface area contributed by atoms with Gasteiger partial charge in [-0.05, 0) is 36.4 Å². The highest BCUT2D eigenvalue weighted by Crippen LogP contribution is 2.32. The van der Waals surface area contributed by atoms with Crippen LogP contribution in [0, 0.1) is 28.8 Å². The average molecular weight is 407 g/mol. The average Bonchev–Trinajstić information content (AvgIpc) is 3.19. The molecule has 30 heavy (non-hydrogen) atoms. The predicted molar refractivity (Wildman–Crippen MR) is 102 cm³/mol. The number of pyridine rings is 1. The number of aromatic nitrogens is 2. The van der Waals surface area contributed by atoms with Gasteiger partial charge in [0.15, 0.2) is 11.5 Å². The Labute approximate surface area is 168 Å². The number of carbonyl (C=O) groups excluding carboxylic acids is 1. The summed E-state index contributed by atoms with van der Waals surface area (Å²) in [5, 5.41) is 9.28. The van der Waals surface area contributed by atoms with E-state index in [2.05, 4.69) is 9.72 Å². The number of halogens is 3. The fourth-order valence-electron chi connectivity index (χ4n) is 3.23. The van der Waals surface area contributed by atoms with Crippen LogP contribution in [0.1, 0.15) is 15.9 Å². The van der Waals surface area contributed by atoms with Gasteiger partial charge in [0, 0.05) is 22.9 Å². The van der Waals surface area contributed by atoms with E-state index in [1.165, 1.54) is 47.1 Å². The molecule has 2 aromatic carbocycles. The number of ether oxygens (including phenoxy) is 1. The Balaban J connectivity index is 1.88. The van der Waals surface area contributed by atoms with Crippen LogP contribution in [0.3, 0.4) is 0 Å². The number of carbonyl (C=O) groups is 1. The number of rotatable bonds is 3. The Bertz CT molecular complexity index is 1360. The topological polar surface area (TPSA) is 67.4 Å². The zero-order valence-electron chi connectivity index (χ0n) is 15.5. The third-order valence-electron chi connectivity index (χ3n) is 4.68. The van der Waals surface area contributed by atoms with E-state index >= 15 is 0 Å². The van der Waals surface area contributed by atoms with Crippen LogP contribution in [0.2, 0.25) is 0 Å². The number of nitrogens with zero attached hydrogens (tertiary/aromatic N) is 3. The third-order valence-corrected chi connectivity index (χ3v) is 4.68. The summed E-state index contributed by atoms with van der Waals surface area (Å²) in [5.74, 6) is -2.88. The molecule has 0 fully saturated rings. The number of nitriles is 1. The molecule has 0 aliphatic carbocycles. The molecule has 0 radical (unpaired) electrons. The van der Waals surface area contributed by atoms with E-state index in [4.69, 9.17) is 0 Å². The smallest absolute Gasteiger partial charge is 0.341 e. The second kappa shape index (κ2) is 7.37. The third kappa shape index (κ3) is 3.06. The van der Waals surface area contributed by atoms with Gasteiger partial charge in [0.2, 0.25) is 0 Å². The molecule has 0 saturated heterocycles. The van der Waals surface area contributed by atoms with E-state index < -0.39 is 23.4 Å². The van der Waals surface area contributed by atoms with Crippen LogP contribution in [0.4, 0.5) is 13.2 Å². The van der Waals surface area contributed by atoms with Crippen molar-refractivity contribution in [2.24, 2.45) is 0 Å². The molecule has 2 aromatic heterocycles. The van der Waals surface area contributed by atoms with Crippen molar-refractivity contribution in [1.29, 1.82) is 5.26 Å². The molecule has 0 amide bonds. The van der Waals surface area contributed by atoms with Gasteiger partial charge in [0.1, 0.15) is 17.2 Å². The highest BCUT2D eigenvalue weighted by atomic mass is 19.1. The van der Waals surface area contributed by atoms with Crippen molar-refractivity contribution in [3.63, 3.8) is 0 Å². The Hall–Kier alpha value is -4.12. The van der Waals surface area contributed by atoms with Gasteiger partial charge in [-0.2, -0.15) is 5.26 Å². The maximum absolute atomic E-state index is 14.7. The van der Waals surface area contributed by atoms with Crippen molar-refractivity contribution in [3.05, 3.63) is 83.4 Å². The number of imidazole rings is 1. The minimum absolute atomic E-state index is 0.0158. The summed E-state index contributed by atoms with van der Waals surface area (Å²) in [6, 6.07) is 10.8.